The van der Waals surface area contributed by atoms with Gasteiger partial charge in [-0.25, -0.2) is 0 Å². The smallest absolute Gasteiger partial charge is 0.259 e. The first-order valence-electron chi connectivity index (χ1n) is 9.65. The Morgan fingerprint density at radius 3 is 2.75 bits per heavy atom. The topological polar surface area (TPSA) is 75.9 Å². The van der Waals surface area contributed by atoms with E-state index in [1.165, 1.54) is 0 Å². The van der Waals surface area contributed by atoms with E-state index in [1.54, 1.807) is 18.9 Å². The Bertz CT molecular complexity index is 879. The van der Waals surface area contributed by atoms with Crippen LogP contribution in [0, 0.1) is 12.3 Å². The molecule has 2 aliphatic rings. The molecule has 1 unspecified atom stereocenters. The summed E-state index contributed by atoms with van der Waals surface area (Å²) < 4.78 is 10.4. The second-order valence-electron chi connectivity index (χ2n) is 7.62. The van der Waals surface area contributed by atoms with Crippen LogP contribution in [0.5, 0.6) is 0 Å². The molecule has 2 amide bonds. The van der Waals surface area contributed by atoms with E-state index in [4.69, 9.17) is 9.26 Å². The quantitative estimate of drug-likeness (QED) is 0.792. The summed E-state index contributed by atoms with van der Waals surface area (Å²) >= 11 is 0. The molecule has 2 aliphatic heterocycles. The normalized spacial score (nSPS) is 21.9. The number of ether oxygens (including phenoxy) is 1. The summed E-state index contributed by atoms with van der Waals surface area (Å²) in [7, 11) is 1.64. The Kier molecular flexibility index (Phi) is 4.93. The lowest BCUT2D eigenvalue weighted by Gasteiger charge is -2.23. The minimum Gasteiger partial charge on any atom is -0.383 e. The second-order valence-corrected chi connectivity index (χ2v) is 7.62. The van der Waals surface area contributed by atoms with Gasteiger partial charge in [-0.1, -0.05) is 35.5 Å². The Morgan fingerprint density at radius 2 is 2.00 bits per heavy atom. The van der Waals surface area contributed by atoms with Gasteiger partial charge < -0.3 is 19.1 Å². The van der Waals surface area contributed by atoms with Crippen molar-refractivity contribution in [2.24, 2.45) is 5.41 Å². The van der Waals surface area contributed by atoms with E-state index in [-0.39, 0.29) is 11.8 Å². The van der Waals surface area contributed by atoms with Crippen molar-refractivity contribution in [1.29, 1.82) is 0 Å². The third-order valence-corrected chi connectivity index (χ3v) is 5.93. The van der Waals surface area contributed by atoms with Crippen molar-refractivity contribution < 1.29 is 18.8 Å². The Hall–Kier alpha value is -2.67. The van der Waals surface area contributed by atoms with Crippen molar-refractivity contribution in [3.05, 3.63) is 41.7 Å². The third kappa shape index (κ3) is 3.09. The maximum atomic E-state index is 13.3. The highest BCUT2D eigenvalue weighted by atomic mass is 16.5. The number of carbonyl (C=O) groups is 2. The average Bonchev–Trinajstić information content (AvgIpc) is 3.40. The number of nitrogens with zero attached hydrogens (tertiary/aromatic N) is 3. The highest BCUT2D eigenvalue weighted by Crippen LogP contribution is 2.41. The Balaban J connectivity index is 1.54. The van der Waals surface area contributed by atoms with Crippen LogP contribution in [0.1, 0.15) is 29.0 Å². The van der Waals surface area contributed by atoms with Gasteiger partial charge in [0.05, 0.1) is 12.0 Å². The minimum absolute atomic E-state index is 0.113. The summed E-state index contributed by atoms with van der Waals surface area (Å²) in [5, 5.41) is 4.12. The van der Waals surface area contributed by atoms with Crippen LogP contribution in [0.25, 0.3) is 11.3 Å². The van der Waals surface area contributed by atoms with E-state index >= 15 is 0 Å². The molecular weight excluding hydrogens is 358 g/mol. The van der Waals surface area contributed by atoms with Crippen LogP contribution >= 0.6 is 0 Å². The number of amides is 2. The zero-order valence-corrected chi connectivity index (χ0v) is 16.3. The fourth-order valence-corrected chi connectivity index (χ4v) is 4.31. The number of hydrogen-bond acceptors (Lipinski definition) is 5. The predicted molar refractivity (Wildman–Crippen MR) is 103 cm³/mol. The van der Waals surface area contributed by atoms with Gasteiger partial charge in [-0.05, 0) is 19.8 Å². The molecule has 4 rings (SSSR count). The summed E-state index contributed by atoms with van der Waals surface area (Å²) in [6.07, 6.45) is 1.49. The molecule has 28 heavy (non-hydrogen) atoms. The first kappa shape index (κ1) is 18.7. The third-order valence-electron chi connectivity index (χ3n) is 5.93. The lowest BCUT2D eigenvalue weighted by atomic mass is 9.85. The van der Waals surface area contributed by atoms with E-state index in [1.807, 2.05) is 35.2 Å². The summed E-state index contributed by atoms with van der Waals surface area (Å²) in [5.41, 5.74) is 1.44. The highest BCUT2D eigenvalue weighted by Gasteiger charge is 2.51. The van der Waals surface area contributed by atoms with Crippen molar-refractivity contribution >= 4 is 11.8 Å². The van der Waals surface area contributed by atoms with E-state index in [0.29, 0.717) is 49.7 Å². The van der Waals surface area contributed by atoms with Crippen molar-refractivity contribution in [2.75, 3.05) is 39.9 Å². The number of hydrogen-bond donors (Lipinski definition) is 0. The van der Waals surface area contributed by atoms with E-state index in [2.05, 4.69) is 5.16 Å². The van der Waals surface area contributed by atoms with Crippen LogP contribution < -0.4 is 0 Å². The molecule has 0 radical (unpaired) electrons. The lowest BCUT2D eigenvalue weighted by molar-refractivity contribution is -0.135. The van der Waals surface area contributed by atoms with Gasteiger partial charge in [-0.3, -0.25) is 9.59 Å². The van der Waals surface area contributed by atoms with Crippen molar-refractivity contribution in [1.82, 2.24) is 15.0 Å². The lowest BCUT2D eigenvalue weighted by Crippen LogP contribution is -2.39. The number of benzene rings is 1. The first-order chi connectivity index (χ1) is 13.6. The monoisotopic (exact) mass is 383 g/mol. The average molecular weight is 383 g/mol. The molecule has 0 bridgehead atoms. The molecule has 7 nitrogen and oxygen atoms in total. The molecule has 2 saturated heterocycles. The fourth-order valence-electron chi connectivity index (χ4n) is 4.31. The predicted octanol–water partition coefficient (Wildman–Crippen LogP) is 2.36. The molecule has 0 aliphatic carbocycles. The largest absolute Gasteiger partial charge is 0.383 e. The summed E-state index contributed by atoms with van der Waals surface area (Å²) in [5.74, 6) is 0.534. The molecule has 1 spiro atoms. The Morgan fingerprint density at radius 1 is 1.25 bits per heavy atom. The molecule has 0 N–H and O–H groups in total. The van der Waals surface area contributed by atoms with Crippen LogP contribution in [0.4, 0.5) is 0 Å². The molecule has 2 aromatic rings. The molecule has 2 fully saturated rings. The Labute approximate surface area is 164 Å². The summed E-state index contributed by atoms with van der Waals surface area (Å²) in [4.78, 5) is 29.9. The molecule has 1 aromatic carbocycles. The van der Waals surface area contributed by atoms with Crippen LogP contribution in [0.15, 0.2) is 34.9 Å². The summed E-state index contributed by atoms with van der Waals surface area (Å²) in [6.45, 7) is 4.64. The number of aryl methyl sites for hydroxylation is 1. The van der Waals surface area contributed by atoms with Gasteiger partial charge in [0.25, 0.3) is 5.91 Å². The first-order valence-corrected chi connectivity index (χ1v) is 9.65. The van der Waals surface area contributed by atoms with Gasteiger partial charge in [-0.15, -0.1) is 0 Å². The van der Waals surface area contributed by atoms with E-state index in [9.17, 15) is 9.59 Å². The van der Waals surface area contributed by atoms with Crippen LogP contribution in [0.3, 0.4) is 0 Å². The zero-order valence-electron chi connectivity index (χ0n) is 16.3. The number of carbonyl (C=O) groups excluding carboxylic acids is 2. The SMILES string of the molecule is COCCN1CCC2(CCN(C(=O)c3c(-c4ccccc4)noc3C)C2)C1=O. The minimum atomic E-state index is -0.457. The maximum absolute atomic E-state index is 13.3. The van der Waals surface area contributed by atoms with Gasteiger partial charge >= 0.3 is 0 Å². The zero-order chi connectivity index (χ0) is 19.7. The van der Waals surface area contributed by atoms with Crippen LogP contribution in [-0.4, -0.2) is 66.7 Å². The fraction of sp³-hybridized carbons (Fsp3) is 0.476. The van der Waals surface area contributed by atoms with E-state index < -0.39 is 5.41 Å². The van der Waals surface area contributed by atoms with Gasteiger partial charge in [0.2, 0.25) is 5.91 Å². The molecule has 0 saturated carbocycles. The van der Waals surface area contributed by atoms with Gasteiger partial charge in [0, 0.05) is 38.9 Å². The number of likely N-dealkylation sites (tertiary alicyclic amines) is 2. The van der Waals surface area contributed by atoms with Gasteiger partial charge in [0.1, 0.15) is 17.0 Å². The second kappa shape index (κ2) is 7.39. The standard InChI is InChI=1S/C21H25N3O4/c1-15-17(18(22-28-15)16-6-4-3-5-7-16)19(25)24-11-9-21(14-24)8-10-23(20(21)26)12-13-27-2/h3-7H,8-14H2,1-2H3. The van der Waals surface area contributed by atoms with Crippen LogP contribution in [0.2, 0.25) is 0 Å². The van der Waals surface area contributed by atoms with Gasteiger partial charge in [0.15, 0.2) is 0 Å². The van der Waals surface area contributed by atoms with Crippen LogP contribution in [-0.2, 0) is 9.53 Å². The molecule has 148 valence electrons. The molecule has 1 aromatic heterocycles. The summed E-state index contributed by atoms with van der Waals surface area (Å²) in [6, 6.07) is 9.55. The number of aromatic nitrogens is 1. The molecule has 3 heterocycles. The van der Waals surface area contributed by atoms with Crippen molar-refractivity contribution in [3.8, 4) is 11.3 Å². The highest BCUT2D eigenvalue weighted by molar-refractivity contribution is 6.01. The van der Waals surface area contributed by atoms with E-state index in [0.717, 1.165) is 18.5 Å². The molecule has 7 heteroatoms. The molecular formula is C21H25N3O4. The van der Waals surface area contributed by atoms with Crippen molar-refractivity contribution in [3.63, 3.8) is 0 Å². The number of rotatable bonds is 5. The maximum Gasteiger partial charge on any atom is 0.259 e. The van der Waals surface area contributed by atoms with Crippen molar-refractivity contribution in [2.45, 2.75) is 19.8 Å². The van der Waals surface area contributed by atoms with Gasteiger partial charge in [-0.2, -0.15) is 0 Å². The number of methoxy groups -OCH3 is 1. The molecule has 1 atom stereocenters.